The molecular weight excluding hydrogens is 1130 g/mol. The van der Waals surface area contributed by atoms with Crippen molar-refractivity contribution in [1.82, 2.24) is 92.0 Å². The second-order valence-corrected chi connectivity index (χ2v) is 24.3. The smallest absolute Gasteiger partial charge is 0.258 e. The van der Waals surface area contributed by atoms with Gasteiger partial charge in [-0.05, 0) is 185 Å². The van der Waals surface area contributed by atoms with Gasteiger partial charge in [-0.2, -0.15) is 15.3 Å². The highest BCUT2D eigenvalue weighted by molar-refractivity contribution is 5.69. The molecule has 0 unspecified atom stereocenters. The quantitative estimate of drug-likeness (QED) is 0.135. The molecule has 0 bridgehead atoms. The molecule has 0 amide bonds. The first-order chi connectivity index (χ1) is 43.7. The summed E-state index contributed by atoms with van der Waals surface area (Å²) in [5, 5.41) is 17.3. The fraction of sp³-hybridized carbons (Fsp3) is 0.397. The van der Waals surface area contributed by atoms with Gasteiger partial charge in [-0.3, -0.25) is 47.5 Å². The van der Waals surface area contributed by atoms with Crippen molar-refractivity contribution < 1.29 is 0 Å². The third-order valence-electron chi connectivity index (χ3n) is 18.1. The average Bonchev–Trinajstić information content (AvgIpc) is 1.80. The molecule has 0 saturated carbocycles. The zero-order valence-corrected chi connectivity index (χ0v) is 52.6. The van der Waals surface area contributed by atoms with Crippen LogP contribution in [0.25, 0.3) is 67.7 Å². The zero-order chi connectivity index (χ0) is 62.3. The van der Waals surface area contributed by atoms with Crippen LogP contribution in [0.1, 0.15) is 135 Å². The number of pyridine rings is 2. The molecule has 3 aliphatic rings. The van der Waals surface area contributed by atoms with E-state index >= 15 is 0 Å². The molecule has 0 aliphatic carbocycles. The molecule has 22 nitrogen and oxygen atoms in total. The molecule has 22 heteroatoms. The second kappa shape index (κ2) is 25.3. The third-order valence-corrected chi connectivity index (χ3v) is 18.1. The van der Waals surface area contributed by atoms with Gasteiger partial charge in [0.25, 0.3) is 16.7 Å². The van der Waals surface area contributed by atoms with Gasteiger partial charge in [0.15, 0.2) is 5.65 Å². The van der Waals surface area contributed by atoms with Crippen LogP contribution in [-0.4, -0.2) is 140 Å². The summed E-state index contributed by atoms with van der Waals surface area (Å²) in [5.41, 5.74) is 17.3. The number of hydrogen-bond acceptors (Lipinski definition) is 16. The van der Waals surface area contributed by atoms with Crippen LogP contribution in [-0.2, 0) is 19.3 Å². The topological polar surface area (TPSA) is 225 Å². The second-order valence-electron chi connectivity index (χ2n) is 24.3. The van der Waals surface area contributed by atoms with Crippen molar-refractivity contribution in [2.45, 2.75) is 124 Å². The first-order valence-electron chi connectivity index (χ1n) is 31.9. The molecule has 15 heterocycles. The standard InChI is InChI=1S/C23H27N7O.C23H26N6O.C22H24N6O/c1-4-17-21-10-19(27-30(21)13-15(3)25-17)18-11-23(31)29-14-20(24-12-22(29)26-18)16-6-8-28(5-2)9-7-16;1-4-18-21-11-20(26-29(21)13-15(2)24-18)19-12-23(30)28-14-17(5-6-22(28)25-19)16-7-9-27(3)10-8-16;1-3-17-20-10-19(26-28(20)12-14(2)24-17)18-11-22(29)27-13-16(4-5-21(27)25-18)15-6-8-23-9-7-15/h10-14,16H,4-9H2,1-3H3;5-6,11-14,16H,4,7-10H2,1-3H3;4-5,10-13,15,23H,3,6-9H2,1-2H3. The highest BCUT2D eigenvalue weighted by Gasteiger charge is 2.24. The van der Waals surface area contributed by atoms with E-state index in [1.807, 2.05) is 102 Å². The summed E-state index contributed by atoms with van der Waals surface area (Å²) in [4.78, 5) is 76.1. The van der Waals surface area contributed by atoms with Gasteiger partial charge in [0.2, 0.25) is 0 Å². The number of likely N-dealkylation sites (tertiary alicyclic amines) is 2. The van der Waals surface area contributed by atoms with Gasteiger partial charge < -0.3 is 15.1 Å². The minimum Gasteiger partial charge on any atom is -0.317 e. The molecule has 0 atom stereocenters. The number of aromatic nitrogens is 16. The first-order valence-corrected chi connectivity index (χ1v) is 31.9. The molecule has 0 radical (unpaired) electrons. The largest absolute Gasteiger partial charge is 0.317 e. The summed E-state index contributed by atoms with van der Waals surface area (Å²) in [6.07, 6.45) is 22.2. The van der Waals surface area contributed by atoms with Gasteiger partial charge in [-0.15, -0.1) is 0 Å². The van der Waals surface area contributed by atoms with E-state index in [0.29, 0.717) is 68.9 Å². The lowest BCUT2D eigenvalue weighted by atomic mass is 9.91. The van der Waals surface area contributed by atoms with Gasteiger partial charge in [0.05, 0.1) is 98.3 Å². The highest BCUT2D eigenvalue weighted by atomic mass is 16.1. The summed E-state index contributed by atoms with van der Waals surface area (Å²) in [7, 11) is 2.16. The molecule has 3 aliphatic heterocycles. The summed E-state index contributed by atoms with van der Waals surface area (Å²) in [6.45, 7) is 21.8. The van der Waals surface area contributed by atoms with E-state index in [0.717, 1.165) is 160 Å². The van der Waals surface area contributed by atoms with Crippen molar-refractivity contribution in [2.75, 3.05) is 52.9 Å². The van der Waals surface area contributed by atoms with E-state index in [4.69, 9.17) is 9.97 Å². The number of piperidine rings is 3. The Morgan fingerprint density at radius 2 is 0.844 bits per heavy atom. The number of fused-ring (bicyclic) bond motifs is 6. The highest BCUT2D eigenvalue weighted by Crippen LogP contribution is 2.31. The lowest BCUT2D eigenvalue weighted by molar-refractivity contribution is 0.220. The van der Waals surface area contributed by atoms with Gasteiger partial charge in [0, 0.05) is 42.7 Å². The monoisotopic (exact) mass is 1210 g/mol. The zero-order valence-electron chi connectivity index (χ0n) is 52.6. The Morgan fingerprint density at radius 1 is 0.444 bits per heavy atom. The summed E-state index contributed by atoms with van der Waals surface area (Å²) < 4.78 is 10.4. The van der Waals surface area contributed by atoms with Gasteiger partial charge >= 0.3 is 0 Å². The van der Waals surface area contributed by atoms with Crippen LogP contribution in [0, 0.1) is 20.8 Å². The van der Waals surface area contributed by atoms with E-state index < -0.39 is 0 Å². The number of nitrogens with zero attached hydrogens (tertiary/aromatic N) is 18. The normalized spacial score (nSPS) is 15.7. The van der Waals surface area contributed by atoms with Crippen LogP contribution in [0.15, 0.2) is 118 Å². The van der Waals surface area contributed by atoms with Gasteiger partial charge in [-0.1, -0.05) is 39.8 Å². The van der Waals surface area contributed by atoms with Crippen LogP contribution >= 0.6 is 0 Å². The van der Waals surface area contributed by atoms with Crippen LogP contribution < -0.4 is 22.0 Å². The Labute approximate surface area is 520 Å². The minimum absolute atomic E-state index is 0.0770. The maximum absolute atomic E-state index is 12.9. The number of hydrogen-bond donors (Lipinski definition) is 1. The number of rotatable bonds is 10. The van der Waals surface area contributed by atoms with Crippen LogP contribution in [0.5, 0.6) is 0 Å². The van der Waals surface area contributed by atoms with E-state index in [-0.39, 0.29) is 16.7 Å². The molecule has 3 fully saturated rings. The van der Waals surface area contributed by atoms with Crippen molar-refractivity contribution in [2.24, 2.45) is 0 Å². The summed E-state index contributed by atoms with van der Waals surface area (Å²) in [6, 6.07) is 18.7. The molecular formula is C68H77N19O3. The fourth-order valence-corrected chi connectivity index (χ4v) is 13.1. The average molecular weight is 1210 g/mol. The van der Waals surface area contributed by atoms with Gasteiger partial charge in [-0.25, -0.2) is 28.5 Å². The maximum Gasteiger partial charge on any atom is 0.258 e. The Morgan fingerprint density at radius 3 is 1.27 bits per heavy atom. The van der Waals surface area contributed by atoms with E-state index in [1.54, 1.807) is 37.6 Å². The predicted molar refractivity (Wildman–Crippen MR) is 349 cm³/mol. The maximum atomic E-state index is 12.9. The Hall–Kier alpha value is -9.25. The summed E-state index contributed by atoms with van der Waals surface area (Å²) >= 11 is 0. The Bertz CT molecular complexity index is 4840. The van der Waals surface area contributed by atoms with Crippen LogP contribution in [0.2, 0.25) is 0 Å². The predicted octanol–water partition coefficient (Wildman–Crippen LogP) is 8.70. The van der Waals surface area contributed by atoms with Crippen molar-refractivity contribution in [1.29, 1.82) is 0 Å². The molecule has 1 N–H and O–H groups in total. The molecule has 90 heavy (non-hydrogen) atoms. The fourth-order valence-electron chi connectivity index (χ4n) is 13.1. The van der Waals surface area contributed by atoms with E-state index in [2.05, 4.69) is 102 Å². The lowest BCUT2D eigenvalue weighted by Gasteiger charge is -2.30. The van der Waals surface area contributed by atoms with Crippen molar-refractivity contribution in [3.8, 4) is 34.2 Å². The third kappa shape index (κ3) is 12.2. The lowest BCUT2D eigenvalue weighted by Crippen LogP contribution is -2.33. The number of nitrogens with one attached hydrogen (secondary N) is 1. The van der Waals surface area contributed by atoms with Crippen molar-refractivity contribution >= 4 is 33.5 Å². The minimum atomic E-state index is -0.114. The molecule has 3 saturated heterocycles. The SMILES string of the molecule is CCc1nc(C)cn2nc(-c3cc(=O)n4cc(C5CCN(C)CC5)ccc4n3)cc12.CCc1nc(C)cn2nc(-c3cc(=O)n4cc(C5CCN(CC)CC5)ncc4n3)cc12.CCc1nc(C)cn2nc(-c3cc(=O)n4cc(C5CCNCC5)ccc4n3)cc12. The number of aryl methyl sites for hydroxylation is 6. The van der Waals surface area contributed by atoms with E-state index in [1.165, 1.54) is 11.1 Å². The van der Waals surface area contributed by atoms with Crippen molar-refractivity contribution in [3.63, 3.8) is 0 Å². The first kappa shape index (κ1) is 59.7. The molecule has 0 spiro atoms. The van der Waals surface area contributed by atoms with Crippen LogP contribution in [0.4, 0.5) is 0 Å². The molecule has 15 rings (SSSR count). The molecule has 12 aromatic heterocycles. The van der Waals surface area contributed by atoms with E-state index in [9.17, 15) is 14.4 Å². The Balaban J connectivity index is 0.000000124. The Kier molecular flexibility index (Phi) is 16.8. The van der Waals surface area contributed by atoms with Crippen molar-refractivity contribution in [3.05, 3.63) is 186 Å². The molecule has 0 aromatic carbocycles. The summed E-state index contributed by atoms with van der Waals surface area (Å²) in [5.74, 6) is 1.38. The van der Waals surface area contributed by atoms with Gasteiger partial charge in [0.1, 0.15) is 28.4 Å². The molecule has 462 valence electrons. The molecule has 12 aromatic rings. The van der Waals surface area contributed by atoms with Crippen LogP contribution in [0.3, 0.4) is 0 Å².